The molecular formula is C10H12FN3O3. The Balaban J connectivity index is 2.84. The molecule has 1 unspecified atom stereocenters. The highest BCUT2D eigenvalue weighted by Crippen LogP contribution is 2.27. The standard InChI is InChI=1S/C10H12FN3O3/c1-6(10(12)13)5-17-9-3-2-7(11)4-8(9)14(15)16/h2-4,6H,5H2,1H3,(H3,12,13). The number of hydrogen-bond acceptors (Lipinski definition) is 4. The van der Waals surface area contributed by atoms with Crippen molar-refractivity contribution < 1.29 is 14.1 Å². The van der Waals surface area contributed by atoms with Crippen LogP contribution in [0, 0.1) is 27.3 Å². The zero-order valence-electron chi connectivity index (χ0n) is 9.14. The van der Waals surface area contributed by atoms with Gasteiger partial charge in [0.25, 0.3) is 0 Å². The van der Waals surface area contributed by atoms with Crippen molar-refractivity contribution >= 4 is 11.5 Å². The molecule has 1 aromatic carbocycles. The van der Waals surface area contributed by atoms with Crippen molar-refractivity contribution in [2.24, 2.45) is 11.7 Å². The minimum atomic E-state index is -0.725. The first-order chi connectivity index (χ1) is 7.91. The lowest BCUT2D eigenvalue weighted by Gasteiger charge is -2.11. The second-order valence-corrected chi connectivity index (χ2v) is 3.54. The summed E-state index contributed by atoms with van der Waals surface area (Å²) in [6.45, 7) is 1.68. The minimum Gasteiger partial charge on any atom is -0.486 e. The molecule has 0 bridgehead atoms. The summed E-state index contributed by atoms with van der Waals surface area (Å²) >= 11 is 0. The van der Waals surface area contributed by atoms with Crippen LogP contribution in [0.4, 0.5) is 10.1 Å². The van der Waals surface area contributed by atoms with Crippen LogP contribution in [0.2, 0.25) is 0 Å². The number of nitrogens with two attached hydrogens (primary N) is 1. The summed E-state index contributed by atoms with van der Waals surface area (Å²) in [5, 5.41) is 17.8. The SMILES string of the molecule is CC(COc1ccc(F)cc1[N+](=O)[O-])C(=N)N. The van der Waals surface area contributed by atoms with Gasteiger partial charge < -0.3 is 10.5 Å². The van der Waals surface area contributed by atoms with Gasteiger partial charge in [-0.2, -0.15) is 0 Å². The smallest absolute Gasteiger partial charge is 0.313 e. The quantitative estimate of drug-likeness (QED) is 0.354. The van der Waals surface area contributed by atoms with Gasteiger partial charge >= 0.3 is 5.69 Å². The third-order valence-corrected chi connectivity index (χ3v) is 2.14. The first kappa shape index (κ1) is 12.9. The van der Waals surface area contributed by atoms with Crippen LogP contribution in [-0.4, -0.2) is 17.4 Å². The number of nitro benzene ring substituents is 1. The van der Waals surface area contributed by atoms with Gasteiger partial charge in [-0.15, -0.1) is 0 Å². The maximum Gasteiger partial charge on any atom is 0.313 e. The van der Waals surface area contributed by atoms with Crippen LogP contribution in [0.3, 0.4) is 0 Å². The van der Waals surface area contributed by atoms with E-state index in [0.29, 0.717) is 0 Å². The molecule has 7 heteroatoms. The number of nitro groups is 1. The number of hydrogen-bond donors (Lipinski definition) is 2. The maximum atomic E-state index is 12.8. The van der Waals surface area contributed by atoms with Crippen LogP contribution in [0.5, 0.6) is 5.75 Å². The largest absolute Gasteiger partial charge is 0.486 e. The Hall–Kier alpha value is -2.18. The normalized spacial score (nSPS) is 11.9. The van der Waals surface area contributed by atoms with Crippen LogP contribution in [-0.2, 0) is 0 Å². The van der Waals surface area contributed by atoms with Crippen molar-refractivity contribution in [3.63, 3.8) is 0 Å². The Kier molecular flexibility index (Phi) is 3.97. The highest BCUT2D eigenvalue weighted by Gasteiger charge is 2.17. The molecule has 0 spiro atoms. The molecular weight excluding hydrogens is 229 g/mol. The van der Waals surface area contributed by atoms with Gasteiger partial charge in [-0.3, -0.25) is 15.5 Å². The summed E-state index contributed by atoms with van der Waals surface area (Å²) in [6.07, 6.45) is 0. The fourth-order valence-electron chi connectivity index (χ4n) is 1.06. The van der Waals surface area contributed by atoms with E-state index in [0.717, 1.165) is 12.1 Å². The topological polar surface area (TPSA) is 102 Å². The van der Waals surface area contributed by atoms with E-state index in [9.17, 15) is 14.5 Å². The van der Waals surface area contributed by atoms with Crippen LogP contribution in [0.1, 0.15) is 6.92 Å². The highest BCUT2D eigenvalue weighted by molar-refractivity contribution is 5.79. The number of benzene rings is 1. The van der Waals surface area contributed by atoms with E-state index >= 15 is 0 Å². The van der Waals surface area contributed by atoms with E-state index in [1.165, 1.54) is 6.07 Å². The van der Waals surface area contributed by atoms with Crippen molar-refractivity contribution in [1.29, 1.82) is 5.41 Å². The Morgan fingerprint density at radius 1 is 1.71 bits per heavy atom. The average molecular weight is 241 g/mol. The van der Waals surface area contributed by atoms with Crippen molar-refractivity contribution in [2.45, 2.75) is 6.92 Å². The molecule has 3 N–H and O–H groups in total. The predicted octanol–water partition coefficient (Wildman–Crippen LogP) is 1.68. The predicted molar refractivity (Wildman–Crippen MR) is 59.6 cm³/mol. The van der Waals surface area contributed by atoms with E-state index in [1.807, 2.05) is 0 Å². The van der Waals surface area contributed by atoms with Gasteiger partial charge in [-0.1, -0.05) is 6.92 Å². The molecule has 0 fully saturated rings. The highest BCUT2D eigenvalue weighted by atomic mass is 19.1. The van der Waals surface area contributed by atoms with Crippen molar-refractivity contribution in [3.8, 4) is 5.75 Å². The van der Waals surface area contributed by atoms with E-state index in [-0.39, 0.29) is 24.1 Å². The Labute approximate surface area is 96.8 Å². The van der Waals surface area contributed by atoms with E-state index in [4.69, 9.17) is 15.9 Å². The monoisotopic (exact) mass is 241 g/mol. The van der Waals surface area contributed by atoms with Gasteiger partial charge in [0.05, 0.1) is 23.4 Å². The number of halogens is 1. The molecule has 1 aromatic rings. The molecule has 92 valence electrons. The Morgan fingerprint density at radius 3 is 2.88 bits per heavy atom. The third kappa shape index (κ3) is 3.40. The average Bonchev–Trinajstić information content (AvgIpc) is 2.26. The van der Waals surface area contributed by atoms with Crippen LogP contribution in [0.25, 0.3) is 0 Å². The van der Waals surface area contributed by atoms with Gasteiger partial charge in [-0.25, -0.2) is 4.39 Å². The van der Waals surface area contributed by atoms with Crippen LogP contribution < -0.4 is 10.5 Å². The summed E-state index contributed by atoms with van der Waals surface area (Å²) in [5.74, 6) is -1.18. The molecule has 0 heterocycles. The molecule has 0 saturated carbocycles. The van der Waals surface area contributed by atoms with Crippen molar-refractivity contribution in [2.75, 3.05) is 6.61 Å². The van der Waals surface area contributed by atoms with Crippen LogP contribution >= 0.6 is 0 Å². The number of ether oxygens (including phenoxy) is 1. The lowest BCUT2D eigenvalue weighted by molar-refractivity contribution is -0.386. The molecule has 17 heavy (non-hydrogen) atoms. The lowest BCUT2D eigenvalue weighted by Crippen LogP contribution is -2.25. The molecule has 0 aliphatic rings. The van der Waals surface area contributed by atoms with E-state index in [1.54, 1.807) is 6.92 Å². The summed E-state index contributed by atoms with van der Waals surface area (Å²) in [5.41, 5.74) is 4.79. The number of amidine groups is 1. The first-order valence-electron chi connectivity index (χ1n) is 4.82. The lowest BCUT2D eigenvalue weighted by atomic mass is 10.2. The molecule has 0 aliphatic carbocycles. The van der Waals surface area contributed by atoms with Gasteiger partial charge in [0.1, 0.15) is 5.82 Å². The van der Waals surface area contributed by atoms with Gasteiger partial charge in [0, 0.05) is 5.92 Å². The van der Waals surface area contributed by atoms with Crippen LogP contribution in [0.15, 0.2) is 18.2 Å². The maximum absolute atomic E-state index is 12.8. The minimum absolute atomic E-state index is 0.0296. The number of nitrogens with zero attached hydrogens (tertiary/aromatic N) is 1. The first-order valence-corrected chi connectivity index (χ1v) is 4.82. The molecule has 0 aromatic heterocycles. The van der Waals surface area contributed by atoms with Gasteiger partial charge in [0.2, 0.25) is 0 Å². The summed E-state index contributed by atoms with van der Waals surface area (Å²) in [7, 11) is 0. The molecule has 1 atom stereocenters. The van der Waals surface area contributed by atoms with E-state index in [2.05, 4.69) is 0 Å². The fraction of sp³-hybridized carbons (Fsp3) is 0.300. The zero-order chi connectivity index (χ0) is 13.0. The summed E-state index contributed by atoms with van der Waals surface area (Å²) in [6, 6.07) is 3.04. The molecule has 0 amide bonds. The second-order valence-electron chi connectivity index (χ2n) is 3.54. The molecule has 0 radical (unpaired) electrons. The molecule has 6 nitrogen and oxygen atoms in total. The van der Waals surface area contributed by atoms with Crippen molar-refractivity contribution in [1.82, 2.24) is 0 Å². The zero-order valence-corrected chi connectivity index (χ0v) is 9.14. The van der Waals surface area contributed by atoms with Gasteiger partial charge in [-0.05, 0) is 12.1 Å². The van der Waals surface area contributed by atoms with Gasteiger partial charge in [0.15, 0.2) is 5.75 Å². The second kappa shape index (κ2) is 5.24. The number of nitrogens with one attached hydrogen (secondary N) is 1. The fourth-order valence-corrected chi connectivity index (χ4v) is 1.06. The Morgan fingerprint density at radius 2 is 2.35 bits per heavy atom. The Bertz CT molecular complexity index is 450. The third-order valence-electron chi connectivity index (χ3n) is 2.14. The van der Waals surface area contributed by atoms with Crippen molar-refractivity contribution in [3.05, 3.63) is 34.1 Å². The molecule has 1 rings (SSSR count). The molecule has 0 aliphatic heterocycles. The summed E-state index contributed by atoms with van der Waals surface area (Å²) in [4.78, 5) is 9.92. The summed E-state index contributed by atoms with van der Waals surface area (Å²) < 4.78 is 18.0. The van der Waals surface area contributed by atoms with E-state index < -0.39 is 16.4 Å². The molecule has 0 saturated heterocycles. The number of rotatable bonds is 5.